The lowest BCUT2D eigenvalue weighted by molar-refractivity contribution is -0.122. The number of hydrogen-bond donors (Lipinski definition) is 3. The van der Waals surface area contributed by atoms with Gasteiger partial charge in [0.1, 0.15) is 10.8 Å². The van der Waals surface area contributed by atoms with Crippen LogP contribution in [0.5, 0.6) is 0 Å². The molecule has 0 aliphatic carbocycles. The highest BCUT2D eigenvalue weighted by atomic mass is 32.2. The van der Waals surface area contributed by atoms with Gasteiger partial charge in [0.25, 0.3) is 0 Å². The maximum atomic E-state index is 13.5. The number of rotatable bonds is 6. The molecule has 1 amide bonds. The first kappa shape index (κ1) is 17.5. The molecule has 1 rings (SSSR count). The van der Waals surface area contributed by atoms with E-state index in [0.717, 1.165) is 18.2 Å². The van der Waals surface area contributed by atoms with Crippen LogP contribution < -0.4 is 15.8 Å². The van der Waals surface area contributed by atoms with Crippen LogP contribution in [0.4, 0.5) is 4.39 Å². The van der Waals surface area contributed by atoms with Crippen molar-refractivity contribution in [2.45, 2.75) is 24.8 Å². The summed E-state index contributed by atoms with van der Waals surface area (Å²) in [6.07, 6.45) is 0. The Hall–Kier alpha value is -1.58. The van der Waals surface area contributed by atoms with Crippen LogP contribution in [-0.2, 0) is 14.8 Å². The Morgan fingerprint density at radius 3 is 2.62 bits per heavy atom. The van der Waals surface area contributed by atoms with Crippen LogP contribution in [0.25, 0.3) is 0 Å². The van der Waals surface area contributed by atoms with Crippen molar-refractivity contribution in [2.75, 3.05) is 6.54 Å². The van der Waals surface area contributed by atoms with E-state index in [4.69, 9.17) is 5.73 Å². The summed E-state index contributed by atoms with van der Waals surface area (Å²) in [6.45, 7) is 3.50. The predicted octanol–water partition coefficient (Wildman–Crippen LogP) is 0.263. The van der Waals surface area contributed by atoms with Crippen molar-refractivity contribution in [2.24, 2.45) is 5.73 Å². The highest BCUT2D eigenvalue weighted by Crippen LogP contribution is 2.15. The Kier molecular flexibility index (Phi) is 5.76. The zero-order valence-electron chi connectivity index (χ0n) is 11.5. The van der Waals surface area contributed by atoms with Gasteiger partial charge in [0, 0.05) is 12.1 Å². The normalized spacial score (nSPS) is 12.7. The van der Waals surface area contributed by atoms with E-state index in [1.165, 1.54) is 6.92 Å². The van der Waals surface area contributed by atoms with E-state index >= 15 is 0 Å². The van der Waals surface area contributed by atoms with Gasteiger partial charge in [-0.2, -0.15) is 4.72 Å². The first-order chi connectivity index (χ1) is 9.69. The van der Waals surface area contributed by atoms with Crippen LogP contribution in [0.2, 0.25) is 0 Å². The molecule has 9 heteroatoms. The quantitative estimate of drug-likeness (QED) is 0.649. The van der Waals surface area contributed by atoms with E-state index < -0.39 is 27.8 Å². The molecule has 0 bridgehead atoms. The Balaban J connectivity index is 3.06. The standard InChI is InChI=1S/C12H16FN3O3S2/c1-3-15-12(17)7(2)16-21(18,19)8-4-5-10(13)9(6-8)11(14)20/h4-7,16H,3H2,1-2H3,(H2,14,20)(H,15,17). The largest absolute Gasteiger partial charge is 0.389 e. The van der Waals surface area contributed by atoms with E-state index in [2.05, 4.69) is 22.3 Å². The van der Waals surface area contributed by atoms with Gasteiger partial charge in [-0.3, -0.25) is 4.79 Å². The van der Waals surface area contributed by atoms with E-state index in [-0.39, 0.29) is 15.4 Å². The number of amides is 1. The van der Waals surface area contributed by atoms with Crippen molar-refractivity contribution in [1.82, 2.24) is 10.0 Å². The minimum absolute atomic E-state index is 0.168. The fraction of sp³-hybridized carbons (Fsp3) is 0.333. The second-order valence-corrected chi connectivity index (χ2v) is 6.40. The minimum Gasteiger partial charge on any atom is -0.389 e. The molecule has 1 atom stereocenters. The Labute approximate surface area is 128 Å². The van der Waals surface area contributed by atoms with Crippen LogP contribution in [0.15, 0.2) is 23.1 Å². The summed E-state index contributed by atoms with van der Waals surface area (Å²) in [5.41, 5.74) is 5.16. The SMILES string of the molecule is CCNC(=O)C(C)NS(=O)(=O)c1ccc(F)c(C(N)=S)c1. The summed E-state index contributed by atoms with van der Waals surface area (Å²) in [6, 6.07) is 2.10. The van der Waals surface area contributed by atoms with Gasteiger partial charge < -0.3 is 11.1 Å². The monoisotopic (exact) mass is 333 g/mol. The summed E-state index contributed by atoms with van der Waals surface area (Å²) in [5, 5.41) is 2.49. The highest BCUT2D eigenvalue weighted by Gasteiger charge is 2.22. The van der Waals surface area contributed by atoms with Gasteiger partial charge in [0.2, 0.25) is 15.9 Å². The molecule has 0 aliphatic rings. The van der Waals surface area contributed by atoms with Crippen molar-refractivity contribution in [3.63, 3.8) is 0 Å². The fourth-order valence-corrected chi connectivity index (χ4v) is 2.93. The van der Waals surface area contributed by atoms with Crippen molar-refractivity contribution < 1.29 is 17.6 Å². The number of sulfonamides is 1. The third kappa shape index (κ3) is 4.45. The Morgan fingerprint density at radius 2 is 2.10 bits per heavy atom. The summed E-state index contributed by atoms with van der Waals surface area (Å²) in [5.74, 6) is -1.17. The molecular weight excluding hydrogens is 317 g/mol. The van der Waals surface area contributed by atoms with Gasteiger partial charge in [-0.1, -0.05) is 12.2 Å². The highest BCUT2D eigenvalue weighted by molar-refractivity contribution is 7.89. The first-order valence-corrected chi connectivity index (χ1v) is 7.97. The summed E-state index contributed by atoms with van der Waals surface area (Å²) >= 11 is 4.65. The second kappa shape index (κ2) is 6.92. The van der Waals surface area contributed by atoms with E-state index in [1.54, 1.807) is 6.92 Å². The lowest BCUT2D eigenvalue weighted by Crippen LogP contribution is -2.44. The van der Waals surface area contributed by atoms with Crippen LogP contribution in [0.1, 0.15) is 19.4 Å². The number of carbonyl (C=O) groups excluding carboxylic acids is 1. The van der Waals surface area contributed by atoms with Crippen molar-refractivity contribution >= 4 is 33.1 Å². The van der Waals surface area contributed by atoms with Gasteiger partial charge in [0.15, 0.2) is 0 Å². The van der Waals surface area contributed by atoms with Gasteiger partial charge >= 0.3 is 0 Å². The molecule has 0 saturated heterocycles. The fourth-order valence-electron chi connectivity index (χ4n) is 1.54. The number of thiocarbonyl (C=S) groups is 1. The lowest BCUT2D eigenvalue weighted by Gasteiger charge is -2.14. The van der Waals surface area contributed by atoms with Crippen LogP contribution in [0.3, 0.4) is 0 Å². The molecule has 4 N–H and O–H groups in total. The molecule has 6 nitrogen and oxygen atoms in total. The van der Waals surface area contributed by atoms with Gasteiger partial charge in [-0.05, 0) is 32.0 Å². The Morgan fingerprint density at radius 1 is 1.48 bits per heavy atom. The number of carbonyl (C=O) groups is 1. The first-order valence-electron chi connectivity index (χ1n) is 6.08. The molecule has 1 aromatic carbocycles. The smallest absolute Gasteiger partial charge is 0.241 e. The van der Waals surface area contributed by atoms with E-state index in [0.29, 0.717) is 6.54 Å². The molecule has 0 spiro atoms. The Bertz CT molecular complexity index is 662. The molecule has 0 radical (unpaired) electrons. The average Bonchev–Trinajstić information content (AvgIpc) is 2.38. The summed E-state index contributed by atoms with van der Waals surface area (Å²) < 4.78 is 39.9. The molecule has 0 aromatic heterocycles. The number of nitrogens with two attached hydrogens (primary N) is 1. The van der Waals surface area contributed by atoms with E-state index in [9.17, 15) is 17.6 Å². The van der Waals surface area contributed by atoms with Gasteiger partial charge in [0.05, 0.1) is 10.9 Å². The molecule has 0 saturated carbocycles. The predicted molar refractivity (Wildman–Crippen MR) is 80.8 cm³/mol. The molecular formula is C12H16FN3O3S2. The molecule has 0 aliphatic heterocycles. The molecule has 21 heavy (non-hydrogen) atoms. The van der Waals surface area contributed by atoms with Gasteiger partial charge in [-0.25, -0.2) is 12.8 Å². The lowest BCUT2D eigenvalue weighted by atomic mass is 10.2. The minimum atomic E-state index is -3.99. The number of halogens is 1. The molecule has 1 aromatic rings. The topological polar surface area (TPSA) is 101 Å². The summed E-state index contributed by atoms with van der Waals surface area (Å²) in [7, 11) is -3.99. The van der Waals surface area contributed by atoms with Crippen molar-refractivity contribution in [1.29, 1.82) is 0 Å². The third-order valence-electron chi connectivity index (χ3n) is 2.59. The maximum absolute atomic E-state index is 13.5. The van der Waals surface area contributed by atoms with E-state index in [1.807, 2.05) is 0 Å². The maximum Gasteiger partial charge on any atom is 0.241 e. The molecule has 0 fully saturated rings. The van der Waals surface area contributed by atoms with Crippen molar-refractivity contribution in [3.8, 4) is 0 Å². The number of likely N-dealkylation sites (N-methyl/N-ethyl adjacent to an activating group) is 1. The zero-order chi connectivity index (χ0) is 16.2. The third-order valence-corrected chi connectivity index (χ3v) is 4.35. The van der Waals surface area contributed by atoms with Gasteiger partial charge in [-0.15, -0.1) is 0 Å². The van der Waals surface area contributed by atoms with Crippen LogP contribution in [-0.4, -0.2) is 31.9 Å². The molecule has 116 valence electrons. The molecule has 1 unspecified atom stereocenters. The molecule has 0 heterocycles. The van der Waals surface area contributed by atoms with Crippen LogP contribution >= 0.6 is 12.2 Å². The zero-order valence-corrected chi connectivity index (χ0v) is 13.1. The number of nitrogens with one attached hydrogen (secondary N) is 2. The summed E-state index contributed by atoms with van der Waals surface area (Å²) in [4.78, 5) is 11.1. The number of hydrogen-bond acceptors (Lipinski definition) is 4. The van der Waals surface area contributed by atoms with Crippen LogP contribution in [0, 0.1) is 5.82 Å². The average molecular weight is 333 g/mol. The second-order valence-electron chi connectivity index (χ2n) is 4.24. The number of benzene rings is 1. The van der Waals surface area contributed by atoms with Crippen molar-refractivity contribution in [3.05, 3.63) is 29.6 Å².